The number of likely N-dealkylation sites (N-methyl/N-ethyl adjacent to an activating group) is 1. The third-order valence-electron chi connectivity index (χ3n) is 2.81. The SMILES string of the molecule is CNCC(=O)Nc1cc(C(C)C)c(OC)cc1C. The summed E-state index contributed by atoms with van der Waals surface area (Å²) < 4.78 is 5.37. The number of benzene rings is 1. The quantitative estimate of drug-likeness (QED) is 0.843. The Bertz CT molecular complexity index is 428. The number of anilines is 1. The summed E-state index contributed by atoms with van der Waals surface area (Å²) in [5, 5.41) is 5.73. The average molecular weight is 250 g/mol. The van der Waals surface area contributed by atoms with Gasteiger partial charge in [-0.3, -0.25) is 4.79 Å². The van der Waals surface area contributed by atoms with E-state index in [0.717, 1.165) is 22.6 Å². The largest absolute Gasteiger partial charge is 0.496 e. The van der Waals surface area contributed by atoms with Crippen LogP contribution in [0.2, 0.25) is 0 Å². The number of amides is 1. The maximum atomic E-state index is 11.6. The first-order chi connectivity index (χ1) is 8.49. The lowest BCUT2D eigenvalue weighted by atomic mass is 9.99. The summed E-state index contributed by atoms with van der Waals surface area (Å²) in [6.45, 7) is 6.48. The Morgan fingerprint density at radius 2 is 2.06 bits per heavy atom. The van der Waals surface area contributed by atoms with Gasteiger partial charge in [-0.1, -0.05) is 13.8 Å². The fraction of sp³-hybridized carbons (Fsp3) is 0.500. The Labute approximate surface area is 109 Å². The van der Waals surface area contributed by atoms with Crippen LogP contribution in [0.4, 0.5) is 5.69 Å². The molecule has 0 unspecified atom stereocenters. The second kappa shape index (κ2) is 6.40. The summed E-state index contributed by atoms with van der Waals surface area (Å²) in [6, 6.07) is 3.96. The molecule has 0 spiro atoms. The van der Waals surface area contributed by atoms with Gasteiger partial charge in [0.05, 0.1) is 13.7 Å². The number of methoxy groups -OCH3 is 1. The van der Waals surface area contributed by atoms with Crippen molar-refractivity contribution in [2.75, 3.05) is 26.0 Å². The molecule has 0 aliphatic rings. The van der Waals surface area contributed by atoms with E-state index in [9.17, 15) is 4.79 Å². The van der Waals surface area contributed by atoms with E-state index in [1.807, 2.05) is 19.1 Å². The Kier molecular flexibility index (Phi) is 5.16. The molecule has 0 saturated heterocycles. The van der Waals surface area contributed by atoms with Gasteiger partial charge < -0.3 is 15.4 Å². The minimum Gasteiger partial charge on any atom is -0.496 e. The van der Waals surface area contributed by atoms with Gasteiger partial charge in [0.1, 0.15) is 5.75 Å². The first-order valence-corrected chi connectivity index (χ1v) is 6.12. The monoisotopic (exact) mass is 250 g/mol. The molecule has 4 heteroatoms. The zero-order chi connectivity index (χ0) is 13.7. The normalized spacial score (nSPS) is 10.6. The summed E-state index contributed by atoms with van der Waals surface area (Å²) in [6.07, 6.45) is 0. The number of aryl methyl sites for hydroxylation is 1. The Morgan fingerprint density at radius 3 is 2.56 bits per heavy atom. The van der Waals surface area contributed by atoms with E-state index in [0.29, 0.717) is 12.5 Å². The van der Waals surface area contributed by atoms with Crippen LogP contribution in [0.3, 0.4) is 0 Å². The van der Waals surface area contributed by atoms with Crippen LogP contribution >= 0.6 is 0 Å². The lowest BCUT2D eigenvalue weighted by molar-refractivity contribution is -0.115. The Morgan fingerprint density at radius 1 is 1.39 bits per heavy atom. The molecule has 100 valence electrons. The number of rotatable bonds is 5. The highest BCUT2D eigenvalue weighted by Crippen LogP contribution is 2.31. The van der Waals surface area contributed by atoms with Gasteiger partial charge in [0.2, 0.25) is 5.91 Å². The van der Waals surface area contributed by atoms with Gasteiger partial charge in [0, 0.05) is 5.69 Å². The molecule has 0 saturated carbocycles. The summed E-state index contributed by atoms with van der Waals surface area (Å²) in [4.78, 5) is 11.6. The predicted octanol–water partition coefficient (Wildman–Crippen LogP) is 2.28. The van der Waals surface area contributed by atoms with E-state index < -0.39 is 0 Å². The van der Waals surface area contributed by atoms with E-state index in [2.05, 4.69) is 24.5 Å². The summed E-state index contributed by atoms with van der Waals surface area (Å²) in [7, 11) is 3.42. The second-order valence-electron chi connectivity index (χ2n) is 4.64. The molecule has 1 aromatic rings. The zero-order valence-corrected chi connectivity index (χ0v) is 11.8. The van der Waals surface area contributed by atoms with Crippen LogP contribution in [0.1, 0.15) is 30.9 Å². The van der Waals surface area contributed by atoms with E-state index in [1.54, 1.807) is 14.2 Å². The number of ether oxygens (including phenoxy) is 1. The van der Waals surface area contributed by atoms with Gasteiger partial charge >= 0.3 is 0 Å². The van der Waals surface area contributed by atoms with E-state index >= 15 is 0 Å². The number of carbonyl (C=O) groups excluding carboxylic acids is 1. The number of hydrogen-bond acceptors (Lipinski definition) is 3. The highest BCUT2D eigenvalue weighted by molar-refractivity contribution is 5.93. The van der Waals surface area contributed by atoms with Crippen LogP contribution < -0.4 is 15.4 Å². The molecule has 0 aliphatic heterocycles. The second-order valence-corrected chi connectivity index (χ2v) is 4.64. The number of carbonyl (C=O) groups is 1. The van der Waals surface area contributed by atoms with E-state index in [-0.39, 0.29) is 5.91 Å². The molecule has 1 amide bonds. The molecular weight excluding hydrogens is 228 g/mol. The zero-order valence-electron chi connectivity index (χ0n) is 11.8. The molecule has 0 aromatic heterocycles. The molecule has 1 aromatic carbocycles. The molecule has 18 heavy (non-hydrogen) atoms. The fourth-order valence-corrected chi connectivity index (χ4v) is 1.82. The molecule has 2 N–H and O–H groups in total. The number of hydrogen-bond donors (Lipinski definition) is 2. The first-order valence-electron chi connectivity index (χ1n) is 6.12. The predicted molar refractivity (Wildman–Crippen MR) is 74.4 cm³/mol. The molecule has 1 rings (SSSR count). The van der Waals surface area contributed by atoms with Crippen molar-refractivity contribution >= 4 is 11.6 Å². The lowest BCUT2D eigenvalue weighted by Crippen LogP contribution is -2.25. The van der Waals surface area contributed by atoms with Crippen molar-refractivity contribution in [3.63, 3.8) is 0 Å². The fourth-order valence-electron chi connectivity index (χ4n) is 1.82. The lowest BCUT2D eigenvalue weighted by Gasteiger charge is -2.16. The van der Waals surface area contributed by atoms with Crippen molar-refractivity contribution in [2.24, 2.45) is 0 Å². The van der Waals surface area contributed by atoms with Gasteiger partial charge in [-0.05, 0) is 43.1 Å². The maximum absolute atomic E-state index is 11.6. The molecule has 0 heterocycles. The van der Waals surface area contributed by atoms with Crippen molar-refractivity contribution in [3.8, 4) is 5.75 Å². The van der Waals surface area contributed by atoms with Gasteiger partial charge in [-0.25, -0.2) is 0 Å². The maximum Gasteiger partial charge on any atom is 0.238 e. The van der Waals surface area contributed by atoms with Crippen LogP contribution in [0, 0.1) is 6.92 Å². The Hall–Kier alpha value is -1.55. The molecule has 4 nitrogen and oxygen atoms in total. The number of nitrogens with one attached hydrogen (secondary N) is 2. The van der Waals surface area contributed by atoms with Crippen molar-refractivity contribution in [3.05, 3.63) is 23.3 Å². The standard InChI is InChI=1S/C14H22N2O2/c1-9(2)11-7-12(16-14(17)8-15-4)10(3)6-13(11)18-5/h6-7,9,15H,8H2,1-5H3,(H,16,17). The third-order valence-corrected chi connectivity index (χ3v) is 2.81. The van der Waals surface area contributed by atoms with Crippen molar-refractivity contribution in [1.82, 2.24) is 5.32 Å². The molecule has 0 aliphatic carbocycles. The van der Waals surface area contributed by atoms with Gasteiger partial charge in [-0.2, -0.15) is 0 Å². The van der Waals surface area contributed by atoms with Crippen LogP contribution in [0.15, 0.2) is 12.1 Å². The summed E-state index contributed by atoms with van der Waals surface area (Å²) >= 11 is 0. The molecule has 0 bridgehead atoms. The van der Waals surface area contributed by atoms with Crippen LogP contribution in [-0.4, -0.2) is 26.6 Å². The smallest absolute Gasteiger partial charge is 0.238 e. The molecule has 0 fully saturated rings. The van der Waals surface area contributed by atoms with Crippen molar-refractivity contribution in [2.45, 2.75) is 26.7 Å². The first kappa shape index (κ1) is 14.5. The highest BCUT2D eigenvalue weighted by atomic mass is 16.5. The minimum atomic E-state index is -0.0412. The topological polar surface area (TPSA) is 50.4 Å². The van der Waals surface area contributed by atoms with Crippen molar-refractivity contribution < 1.29 is 9.53 Å². The van der Waals surface area contributed by atoms with Gasteiger partial charge in [0.15, 0.2) is 0 Å². The highest BCUT2D eigenvalue weighted by Gasteiger charge is 2.12. The average Bonchev–Trinajstić information content (AvgIpc) is 2.31. The van der Waals surface area contributed by atoms with Gasteiger partial charge in [0.25, 0.3) is 0 Å². The molecule has 0 atom stereocenters. The molecular formula is C14H22N2O2. The van der Waals surface area contributed by atoms with E-state index in [1.165, 1.54) is 0 Å². The van der Waals surface area contributed by atoms with Crippen molar-refractivity contribution in [1.29, 1.82) is 0 Å². The minimum absolute atomic E-state index is 0.0412. The summed E-state index contributed by atoms with van der Waals surface area (Å²) in [5.41, 5.74) is 2.95. The van der Waals surface area contributed by atoms with Crippen LogP contribution in [-0.2, 0) is 4.79 Å². The molecule has 0 radical (unpaired) electrons. The van der Waals surface area contributed by atoms with Gasteiger partial charge in [-0.15, -0.1) is 0 Å². The van der Waals surface area contributed by atoms with Crippen LogP contribution in [0.25, 0.3) is 0 Å². The summed E-state index contributed by atoms with van der Waals surface area (Å²) in [5.74, 6) is 1.18. The Balaban J connectivity index is 3.05. The van der Waals surface area contributed by atoms with Crippen LogP contribution in [0.5, 0.6) is 5.75 Å². The third kappa shape index (κ3) is 3.47. The van der Waals surface area contributed by atoms with E-state index in [4.69, 9.17) is 4.74 Å².